The number of fused-ring (bicyclic) bond motifs is 1. The van der Waals surface area contributed by atoms with Crippen LogP contribution in [0.15, 0.2) is 48.5 Å². The topological polar surface area (TPSA) is 74.8 Å². The zero-order valence-corrected chi connectivity index (χ0v) is 22.5. The third-order valence-corrected chi connectivity index (χ3v) is 9.56. The molecule has 2 aromatic carbocycles. The number of hydrogen-bond donors (Lipinski definition) is 0. The van der Waals surface area contributed by atoms with Crippen LogP contribution in [0.4, 0.5) is 0 Å². The van der Waals surface area contributed by atoms with E-state index >= 15 is 0 Å². The monoisotopic (exact) mass is 608 g/mol. The first-order valence-corrected chi connectivity index (χ1v) is 13.2. The van der Waals surface area contributed by atoms with Crippen molar-refractivity contribution < 1.29 is 19.2 Å². The number of ketones is 1. The number of rotatable bonds is 5. The van der Waals surface area contributed by atoms with Crippen LogP contribution in [-0.2, 0) is 9.59 Å². The van der Waals surface area contributed by atoms with Crippen molar-refractivity contribution in [3.8, 4) is 0 Å². The summed E-state index contributed by atoms with van der Waals surface area (Å²) in [7, 11) is 0. The summed E-state index contributed by atoms with van der Waals surface area (Å²) in [6.07, 6.45) is 0.909. The van der Waals surface area contributed by atoms with Gasteiger partial charge in [-0.25, -0.2) is 5.01 Å². The Bertz CT molecular complexity index is 1130. The van der Waals surface area contributed by atoms with E-state index in [0.717, 1.165) is 15.6 Å². The Kier molecular flexibility index (Phi) is 7.31. The standard InChI is InChI=1S/C25H23Br2ClN2O4/c1-13-7-9-15(10-8-13)22(31)14(2)29(23(32)16-5-3-4-6-21(16)28)30-24(33)17-11-19(26)20(27)12-18(17)25(30)34/h3-10,14,17-20H,11-12H2,1-2H3/t14-,17+,18+,19-,20+/m0/s1. The number of benzene rings is 2. The van der Waals surface area contributed by atoms with E-state index in [1.807, 2.05) is 6.92 Å². The number of hydrogen-bond acceptors (Lipinski definition) is 4. The third-order valence-electron chi connectivity index (χ3n) is 6.50. The largest absolute Gasteiger partial charge is 0.292 e. The molecule has 1 aliphatic heterocycles. The number of hydrazine groups is 1. The number of Topliss-reactive ketones (excluding diaryl/α,β-unsaturated/α-hetero) is 1. The lowest BCUT2D eigenvalue weighted by Gasteiger charge is -2.35. The van der Waals surface area contributed by atoms with Gasteiger partial charge in [0.05, 0.1) is 22.4 Å². The maximum atomic E-state index is 13.7. The van der Waals surface area contributed by atoms with Crippen LogP contribution in [0.5, 0.6) is 0 Å². The maximum absolute atomic E-state index is 13.7. The molecule has 2 fully saturated rings. The zero-order chi connectivity index (χ0) is 24.7. The summed E-state index contributed by atoms with van der Waals surface area (Å²) in [5.41, 5.74) is 1.48. The van der Waals surface area contributed by atoms with Crippen LogP contribution in [0.25, 0.3) is 0 Å². The average Bonchev–Trinajstić information content (AvgIpc) is 3.04. The molecule has 9 heteroatoms. The van der Waals surface area contributed by atoms with Gasteiger partial charge >= 0.3 is 0 Å². The number of nitrogens with zero attached hydrogens (tertiary/aromatic N) is 2. The summed E-state index contributed by atoms with van der Waals surface area (Å²) in [4.78, 5) is 54.2. The van der Waals surface area contributed by atoms with Gasteiger partial charge in [-0.2, -0.15) is 5.01 Å². The van der Waals surface area contributed by atoms with Gasteiger partial charge in [-0.3, -0.25) is 19.2 Å². The molecule has 0 bridgehead atoms. The number of carbonyl (C=O) groups is 4. The van der Waals surface area contributed by atoms with Gasteiger partial charge in [0, 0.05) is 15.2 Å². The molecule has 3 amide bonds. The fraction of sp³-hybridized carbons (Fsp3) is 0.360. The third kappa shape index (κ3) is 4.48. The molecule has 178 valence electrons. The first-order valence-electron chi connectivity index (χ1n) is 11.0. The van der Waals surface area contributed by atoms with Gasteiger partial charge in [-0.15, -0.1) is 0 Å². The minimum Gasteiger partial charge on any atom is -0.292 e. The Hall–Kier alpha value is -2.03. The van der Waals surface area contributed by atoms with Gasteiger partial charge in [-0.05, 0) is 38.8 Å². The molecule has 2 aliphatic rings. The van der Waals surface area contributed by atoms with Crippen LogP contribution in [0, 0.1) is 18.8 Å². The Labute approximate surface area is 219 Å². The van der Waals surface area contributed by atoms with E-state index in [9.17, 15) is 19.2 Å². The van der Waals surface area contributed by atoms with E-state index in [2.05, 4.69) is 31.9 Å². The normalized spacial score (nSPS) is 25.1. The molecule has 0 N–H and O–H groups in total. The van der Waals surface area contributed by atoms with Gasteiger partial charge in [0.1, 0.15) is 6.04 Å². The Morgan fingerprint density at radius 1 is 0.971 bits per heavy atom. The lowest BCUT2D eigenvalue weighted by Crippen LogP contribution is -2.56. The smallest absolute Gasteiger partial charge is 0.275 e. The van der Waals surface area contributed by atoms with E-state index in [1.165, 1.54) is 13.0 Å². The molecule has 1 heterocycles. The summed E-state index contributed by atoms with van der Waals surface area (Å²) >= 11 is 13.4. The summed E-state index contributed by atoms with van der Waals surface area (Å²) in [5, 5.41) is 2.06. The van der Waals surface area contributed by atoms with E-state index in [1.54, 1.807) is 42.5 Å². The molecular weight excluding hydrogens is 588 g/mol. The summed E-state index contributed by atoms with van der Waals surface area (Å²) < 4.78 is 0. The van der Waals surface area contributed by atoms with Gasteiger partial charge in [0.2, 0.25) is 0 Å². The molecule has 2 aromatic rings. The van der Waals surface area contributed by atoms with Crippen molar-refractivity contribution in [3.63, 3.8) is 0 Å². The van der Waals surface area contributed by atoms with Crippen molar-refractivity contribution in [2.75, 3.05) is 0 Å². The van der Waals surface area contributed by atoms with Crippen molar-refractivity contribution >= 4 is 67.0 Å². The quantitative estimate of drug-likeness (QED) is 0.265. The first-order chi connectivity index (χ1) is 16.1. The van der Waals surface area contributed by atoms with E-state index < -0.39 is 35.6 Å². The number of halogens is 3. The summed E-state index contributed by atoms with van der Waals surface area (Å²) in [6.45, 7) is 3.43. The number of imide groups is 1. The molecule has 1 saturated carbocycles. The number of amides is 3. The van der Waals surface area contributed by atoms with E-state index in [-0.39, 0.29) is 26.0 Å². The lowest BCUT2D eigenvalue weighted by atomic mass is 9.81. The molecule has 1 aliphatic carbocycles. The molecule has 4 rings (SSSR count). The van der Waals surface area contributed by atoms with Crippen molar-refractivity contribution in [1.29, 1.82) is 0 Å². The highest BCUT2D eigenvalue weighted by Gasteiger charge is 2.55. The molecule has 6 nitrogen and oxygen atoms in total. The number of carbonyl (C=O) groups excluding carboxylic acids is 4. The number of aryl methyl sites for hydroxylation is 1. The molecule has 5 atom stereocenters. The van der Waals surface area contributed by atoms with Gasteiger partial charge in [0.25, 0.3) is 17.7 Å². The molecule has 0 unspecified atom stereocenters. The van der Waals surface area contributed by atoms with Crippen LogP contribution in [0.1, 0.15) is 46.0 Å². The number of alkyl halides is 2. The van der Waals surface area contributed by atoms with Crippen molar-refractivity contribution in [2.45, 2.75) is 42.4 Å². The summed E-state index contributed by atoms with van der Waals surface area (Å²) in [6, 6.07) is 12.2. The highest BCUT2D eigenvalue weighted by molar-refractivity contribution is 9.12. The summed E-state index contributed by atoms with van der Waals surface area (Å²) in [5.74, 6) is -3.12. The van der Waals surface area contributed by atoms with Gasteiger partial charge in [0.15, 0.2) is 5.78 Å². The molecule has 0 radical (unpaired) electrons. The Morgan fingerprint density at radius 2 is 1.50 bits per heavy atom. The van der Waals surface area contributed by atoms with Crippen LogP contribution in [0.3, 0.4) is 0 Å². The van der Waals surface area contributed by atoms with E-state index in [4.69, 9.17) is 11.6 Å². The SMILES string of the molecule is Cc1ccc(C(=O)[C@H](C)N(C(=O)c2ccccc2Cl)N2C(=O)[C@@H]3C[C@@H](Br)[C@@H](Br)C[C@H]3C2=O)cc1. The predicted octanol–water partition coefficient (Wildman–Crippen LogP) is 5.20. The second kappa shape index (κ2) is 9.91. The molecular formula is C25H23Br2ClN2O4. The minimum atomic E-state index is -1.11. The first kappa shape index (κ1) is 25.1. The second-order valence-electron chi connectivity index (χ2n) is 8.74. The molecule has 34 heavy (non-hydrogen) atoms. The maximum Gasteiger partial charge on any atom is 0.275 e. The molecule has 0 spiro atoms. The van der Waals surface area contributed by atoms with Crippen molar-refractivity contribution in [1.82, 2.24) is 10.0 Å². The highest BCUT2D eigenvalue weighted by atomic mass is 79.9. The predicted molar refractivity (Wildman–Crippen MR) is 136 cm³/mol. The van der Waals surface area contributed by atoms with Crippen molar-refractivity contribution in [3.05, 3.63) is 70.2 Å². The fourth-order valence-electron chi connectivity index (χ4n) is 4.56. The minimum absolute atomic E-state index is 0.0183. The van der Waals surface area contributed by atoms with Crippen LogP contribution in [-0.4, -0.2) is 49.2 Å². The average molecular weight is 611 g/mol. The molecule has 0 aromatic heterocycles. The van der Waals surface area contributed by atoms with E-state index in [0.29, 0.717) is 18.4 Å². The molecule has 1 saturated heterocycles. The lowest BCUT2D eigenvalue weighted by molar-refractivity contribution is -0.156. The van der Waals surface area contributed by atoms with Crippen LogP contribution < -0.4 is 0 Å². The van der Waals surface area contributed by atoms with Gasteiger partial charge in [-0.1, -0.05) is 85.4 Å². The van der Waals surface area contributed by atoms with Crippen LogP contribution in [0.2, 0.25) is 5.02 Å². The van der Waals surface area contributed by atoms with Crippen molar-refractivity contribution in [2.24, 2.45) is 11.8 Å². The fourth-order valence-corrected chi connectivity index (χ4v) is 6.01. The zero-order valence-electron chi connectivity index (χ0n) is 18.6. The Balaban J connectivity index is 1.76. The van der Waals surface area contributed by atoms with Gasteiger partial charge < -0.3 is 0 Å². The highest BCUT2D eigenvalue weighted by Crippen LogP contribution is 2.44. The van der Waals surface area contributed by atoms with Crippen LogP contribution >= 0.6 is 43.5 Å². The Morgan fingerprint density at radius 3 is 2.03 bits per heavy atom. The second-order valence-corrected chi connectivity index (χ2v) is 11.5.